The smallest absolute Gasteiger partial charge is 0.264 e. The molecule has 0 aliphatic rings. The largest absolute Gasteiger partial charge is 0.481 e. The Bertz CT molecular complexity index is 899. The average Bonchev–Trinajstić information content (AvgIpc) is 3.18. The first-order valence-corrected chi connectivity index (χ1v) is 9.08. The van der Waals surface area contributed by atoms with Crippen molar-refractivity contribution in [3.05, 3.63) is 77.7 Å². The van der Waals surface area contributed by atoms with Gasteiger partial charge in [0.05, 0.1) is 0 Å². The Balaban J connectivity index is 1.42. The molecule has 28 heavy (non-hydrogen) atoms. The Morgan fingerprint density at radius 2 is 1.86 bits per heavy atom. The van der Waals surface area contributed by atoms with Gasteiger partial charge in [0.15, 0.2) is 24.0 Å². The summed E-state index contributed by atoms with van der Waals surface area (Å²) in [5.41, 5.74) is 1.14. The molecule has 1 heterocycles. The molecule has 0 atom stereocenters. The van der Waals surface area contributed by atoms with Crippen LogP contribution in [0.3, 0.4) is 0 Å². The van der Waals surface area contributed by atoms with E-state index in [1.165, 1.54) is 12.1 Å². The number of hydrogen-bond acceptors (Lipinski definition) is 5. The average molecular weight is 383 g/mol. The van der Waals surface area contributed by atoms with Gasteiger partial charge in [-0.3, -0.25) is 4.79 Å². The van der Waals surface area contributed by atoms with Crippen molar-refractivity contribution >= 4 is 5.91 Å². The van der Waals surface area contributed by atoms with E-state index in [2.05, 4.69) is 10.1 Å². The van der Waals surface area contributed by atoms with Gasteiger partial charge in [-0.05, 0) is 24.1 Å². The molecule has 0 N–H and O–H groups in total. The summed E-state index contributed by atoms with van der Waals surface area (Å²) in [6.45, 7) is 0.473. The number of aromatic nitrogens is 2. The number of likely N-dealkylation sites (N-methyl/N-ethyl adjacent to an activating group) is 1. The number of nitrogens with zero attached hydrogens (tertiary/aromatic N) is 3. The summed E-state index contributed by atoms with van der Waals surface area (Å²) in [4.78, 5) is 18.1. The number of hydrogen-bond donors (Lipinski definition) is 0. The van der Waals surface area contributed by atoms with Crippen LogP contribution >= 0.6 is 0 Å². The molecule has 1 amide bonds. The minimum atomic E-state index is -0.446. The van der Waals surface area contributed by atoms with E-state index in [1.54, 1.807) is 24.1 Å². The molecule has 0 bridgehead atoms. The van der Waals surface area contributed by atoms with E-state index in [0.29, 0.717) is 31.6 Å². The van der Waals surface area contributed by atoms with Crippen LogP contribution in [-0.2, 0) is 24.2 Å². The molecule has 3 aromatic rings. The molecular weight excluding hydrogens is 361 g/mol. The summed E-state index contributed by atoms with van der Waals surface area (Å²) in [7, 11) is 1.76. The first-order chi connectivity index (χ1) is 13.6. The highest BCUT2D eigenvalue weighted by atomic mass is 19.1. The normalized spacial score (nSPS) is 10.6. The van der Waals surface area contributed by atoms with E-state index in [4.69, 9.17) is 9.26 Å². The lowest BCUT2D eigenvalue weighted by Gasteiger charge is -2.16. The number of ether oxygens (including phenoxy) is 1. The Kier molecular flexibility index (Phi) is 6.73. The maximum atomic E-state index is 13.5. The quantitative estimate of drug-likeness (QED) is 0.566. The summed E-state index contributed by atoms with van der Waals surface area (Å²) in [5.74, 6) is 0.491. The molecule has 0 radical (unpaired) electrons. The number of aryl methyl sites for hydroxylation is 1. The van der Waals surface area contributed by atoms with Crippen molar-refractivity contribution in [3.8, 4) is 5.75 Å². The van der Waals surface area contributed by atoms with Crippen molar-refractivity contribution < 1.29 is 18.4 Å². The highest BCUT2D eigenvalue weighted by Crippen LogP contribution is 2.16. The number of carbonyl (C=O) groups excluding carboxylic acids is 1. The van der Waals surface area contributed by atoms with Gasteiger partial charge in [-0.1, -0.05) is 47.6 Å². The first kappa shape index (κ1) is 19.5. The highest BCUT2D eigenvalue weighted by molar-refractivity contribution is 5.76. The van der Waals surface area contributed by atoms with Crippen LogP contribution in [0.25, 0.3) is 0 Å². The second-order valence-corrected chi connectivity index (χ2v) is 6.37. The summed E-state index contributed by atoms with van der Waals surface area (Å²) in [6, 6.07) is 16.0. The number of carbonyl (C=O) groups is 1. The van der Waals surface area contributed by atoms with Gasteiger partial charge in [-0.15, -0.1) is 0 Å². The van der Waals surface area contributed by atoms with Crippen LogP contribution in [0.15, 0.2) is 59.1 Å². The lowest BCUT2D eigenvalue weighted by atomic mass is 10.1. The Labute approximate surface area is 162 Å². The molecule has 0 aliphatic heterocycles. The van der Waals surface area contributed by atoms with Crippen LogP contribution in [0, 0.1) is 5.82 Å². The van der Waals surface area contributed by atoms with Gasteiger partial charge in [0.2, 0.25) is 5.91 Å². The van der Waals surface area contributed by atoms with Crippen LogP contribution in [0.5, 0.6) is 5.75 Å². The molecule has 146 valence electrons. The molecule has 0 aliphatic carbocycles. The van der Waals surface area contributed by atoms with Crippen LogP contribution in [0.2, 0.25) is 0 Å². The van der Waals surface area contributed by atoms with Gasteiger partial charge in [-0.2, -0.15) is 4.98 Å². The highest BCUT2D eigenvalue weighted by Gasteiger charge is 2.12. The van der Waals surface area contributed by atoms with Crippen LogP contribution in [-0.4, -0.2) is 34.5 Å². The lowest BCUT2D eigenvalue weighted by Crippen LogP contribution is -2.29. The van der Waals surface area contributed by atoms with Crippen molar-refractivity contribution in [2.75, 3.05) is 13.6 Å². The molecule has 0 saturated carbocycles. The summed E-state index contributed by atoms with van der Waals surface area (Å²) in [5, 5.41) is 3.88. The van der Waals surface area contributed by atoms with Crippen molar-refractivity contribution in [2.24, 2.45) is 0 Å². The maximum Gasteiger partial charge on any atom is 0.264 e. The predicted octanol–water partition coefficient (Wildman–Crippen LogP) is 3.42. The van der Waals surface area contributed by atoms with Gasteiger partial charge < -0.3 is 14.2 Å². The Morgan fingerprint density at radius 3 is 2.64 bits per heavy atom. The number of halogens is 1. The summed E-state index contributed by atoms with van der Waals surface area (Å²) in [6.07, 6.45) is 1.63. The third-order valence-corrected chi connectivity index (χ3v) is 4.26. The van der Waals surface area contributed by atoms with Gasteiger partial charge in [0.1, 0.15) is 0 Å². The number of benzene rings is 2. The molecule has 1 aromatic heterocycles. The third kappa shape index (κ3) is 5.64. The van der Waals surface area contributed by atoms with Gasteiger partial charge in [-0.25, -0.2) is 4.39 Å². The van der Waals surface area contributed by atoms with Gasteiger partial charge in [0.25, 0.3) is 5.89 Å². The van der Waals surface area contributed by atoms with E-state index in [1.807, 2.05) is 30.3 Å². The number of rotatable bonds is 9. The fourth-order valence-electron chi connectivity index (χ4n) is 2.63. The number of para-hydroxylation sites is 1. The number of amides is 1. The summed E-state index contributed by atoms with van der Waals surface area (Å²) < 4.78 is 24.0. The fourth-order valence-corrected chi connectivity index (χ4v) is 2.63. The molecule has 3 rings (SSSR count). The molecule has 0 fully saturated rings. The zero-order valence-corrected chi connectivity index (χ0v) is 15.7. The van der Waals surface area contributed by atoms with Crippen molar-refractivity contribution in [1.29, 1.82) is 0 Å². The van der Waals surface area contributed by atoms with Crippen molar-refractivity contribution in [1.82, 2.24) is 15.0 Å². The summed E-state index contributed by atoms with van der Waals surface area (Å²) >= 11 is 0. The monoisotopic (exact) mass is 383 g/mol. The maximum absolute atomic E-state index is 13.5. The fraction of sp³-hybridized carbons (Fsp3) is 0.286. The first-order valence-electron chi connectivity index (χ1n) is 9.08. The minimum absolute atomic E-state index is 0.0141. The second-order valence-electron chi connectivity index (χ2n) is 6.37. The van der Waals surface area contributed by atoms with Crippen LogP contribution in [0.4, 0.5) is 4.39 Å². The Hall–Kier alpha value is -3.22. The zero-order valence-electron chi connectivity index (χ0n) is 15.7. The molecule has 6 nitrogen and oxygen atoms in total. The third-order valence-electron chi connectivity index (χ3n) is 4.26. The van der Waals surface area contributed by atoms with Gasteiger partial charge >= 0.3 is 0 Å². The minimum Gasteiger partial charge on any atom is -0.481 e. The molecule has 0 unspecified atom stereocenters. The molecule has 0 saturated heterocycles. The van der Waals surface area contributed by atoms with Crippen LogP contribution < -0.4 is 4.74 Å². The zero-order chi connectivity index (χ0) is 19.8. The van der Waals surface area contributed by atoms with E-state index in [9.17, 15) is 9.18 Å². The molecular formula is C21H22FN3O3. The van der Waals surface area contributed by atoms with Gasteiger partial charge in [0, 0.05) is 26.4 Å². The van der Waals surface area contributed by atoms with Crippen molar-refractivity contribution in [3.63, 3.8) is 0 Å². The lowest BCUT2D eigenvalue weighted by molar-refractivity contribution is -0.129. The van der Waals surface area contributed by atoms with E-state index in [-0.39, 0.29) is 24.2 Å². The SMILES string of the molecule is CN(CCc1noc(COc2ccccc2F)n1)C(=O)CCc1ccccc1. The van der Waals surface area contributed by atoms with Crippen molar-refractivity contribution in [2.45, 2.75) is 25.9 Å². The van der Waals surface area contributed by atoms with Crippen LogP contribution in [0.1, 0.15) is 23.7 Å². The standard InChI is InChI=1S/C21H22FN3O3/c1-25(21(26)12-11-16-7-3-2-4-8-16)14-13-19-23-20(28-24-19)15-27-18-10-6-5-9-17(18)22/h2-10H,11-15H2,1H3. The topological polar surface area (TPSA) is 68.5 Å². The van der Waals surface area contributed by atoms with E-state index >= 15 is 0 Å². The predicted molar refractivity (Wildman–Crippen MR) is 101 cm³/mol. The molecule has 2 aromatic carbocycles. The molecule has 0 spiro atoms. The second kappa shape index (κ2) is 9.64. The van der Waals surface area contributed by atoms with E-state index < -0.39 is 5.82 Å². The molecule has 7 heteroatoms. The Morgan fingerprint density at radius 1 is 1.11 bits per heavy atom. The van der Waals surface area contributed by atoms with E-state index in [0.717, 1.165) is 5.56 Å².